The first-order chi connectivity index (χ1) is 21.8. The van der Waals surface area contributed by atoms with Gasteiger partial charge in [0.05, 0.1) is 41.4 Å². The molecular formula is C32H39N5O9. The Bertz CT molecular complexity index is 1900. The van der Waals surface area contributed by atoms with Crippen LogP contribution in [0.25, 0.3) is 27.5 Å². The van der Waals surface area contributed by atoms with E-state index >= 15 is 0 Å². The Morgan fingerprint density at radius 2 is 1.96 bits per heavy atom. The third-order valence-electron chi connectivity index (χ3n) is 8.66. The van der Waals surface area contributed by atoms with Crippen LogP contribution in [0.4, 0.5) is 0 Å². The summed E-state index contributed by atoms with van der Waals surface area (Å²) in [6, 6.07) is 0.995. The number of aliphatic hydroxyl groups is 2. The molecule has 2 aromatic heterocycles. The van der Waals surface area contributed by atoms with Crippen LogP contribution >= 0.6 is 0 Å². The highest BCUT2D eigenvalue weighted by Crippen LogP contribution is 2.52. The summed E-state index contributed by atoms with van der Waals surface area (Å²) in [5, 5.41) is 24.4. The maximum Gasteiger partial charge on any atom is 0.336 e. The van der Waals surface area contributed by atoms with Crippen molar-refractivity contribution in [1.82, 2.24) is 9.55 Å². The number of benzene rings is 1. The molecule has 3 aliphatic rings. The van der Waals surface area contributed by atoms with Crippen molar-refractivity contribution in [3.05, 3.63) is 82.3 Å². The second-order valence-corrected chi connectivity index (χ2v) is 12.5. The Hall–Kier alpha value is -4.36. The number of nitrogens with zero attached hydrogens (tertiary/aromatic N) is 4. The van der Waals surface area contributed by atoms with Crippen LogP contribution in [0.5, 0.6) is 11.5 Å². The van der Waals surface area contributed by atoms with Crippen LogP contribution in [0.2, 0.25) is 0 Å². The number of H-pyrrole nitrogens is 1. The molecule has 6 atom stereocenters. The molecule has 0 saturated carbocycles. The highest BCUT2D eigenvalue weighted by molar-refractivity contribution is 5.97. The van der Waals surface area contributed by atoms with E-state index in [0.29, 0.717) is 28.2 Å². The quantitative estimate of drug-likeness (QED) is 0.159. The van der Waals surface area contributed by atoms with Crippen molar-refractivity contribution in [2.24, 2.45) is 11.0 Å². The molecule has 1 fully saturated rings. The number of aryl methyl sites for hydroxylation is 2. The van der Waals surface area contributed by atoms with Crippen molar-refractivity contribution in [2.45, 2.75) is 97.0 Å². The van der Waals surface area contributed by atoms with Gasteiger partial charge in [-0.05, 0) is 57.4 Å². The molecule has 3 aliphatic heterocycles. The standard InChI is InChI=1S/C22H26O5.C10H13N5O4/c1-6-7-13-10-15(23)26-21-16(13)20-14(8-9-22(4,5)27-20)19-17(21)18(24)11(2)12(3)25-19;1-5-3-15(10(18)12-9(5)17)8-2-6(13-14-11)7(4-16)19-8/h8-12,18,24H,6-7H2,1-5H3;3,6-8,16H,2,4H2,1H3,(H,12,17,18)/t11-,12-,18+;6?,7-,8-/m11/s1. The first kappa shape index (κ1) is 33.0. The van der Waals surface area contributed by atoms with Crippen LogP contribution in [0.15, 0.2) is 42.3 Å². The molecule has 3 N–H and O–H groups in total. The van der Waals surface area contributed by atoms with Crippen LogP contribution in [0, 0.1) is 12.8 Å². The number of fused-ring (bicyclic) bond motifs is 6. The highest BCUT2D eigenvalue weighted by Gasteiger charge is 2.40. The Morgan fingerprint density at radius 1 is 1.22 bits per heavy atom. The lowest BCUT2D eigenvalue weighted by atomic mass is 9.85. The number of hydrogen-bond donors (Lipinski definition) is 3. The number of aromatic nitrogens is 2. The molecule has 246 valence electrons. The molecule has 1 aromatic carbocycles. The summed E-state index contributed by atoms with van der Waals surface area (Å²) in [5.41, 5.74) is 9.48. The molecule has 0 amide bonds. The zero-order chi connectivity index (χ0) is 33.5. The fourth-order valence-corrected chi connectivity index (χ4v) is 6.02. The zero-order valence-corrected chi connectivity index (χ0v) is 26.6. The maximum atomic E-state index is 12.3. The van der Waals surface area contributed by atoms with E-state index in [1.54, 1.807) is 6.92 Å². The third-order valence-corrected chi connectivity index (χ3v) is 8.66. The van der Waals surface area contributed by atoms with Crippen molar-refractivity contribution in [2.75, 3.05) is 6.61 Å². The number of ether oxygens (including phenoxy) is 3. The maximum absolute atomic E-state index is 12.3. The van der Waals surface area contributed by atoms with E-state index in [2.05, 4.69) is 21.9 Å². The molecule has 3 aromatic rings. The van der Waals surface area contributed by atoms with E-state index in [4.69, 9.17) is 29.3 Å². The minimum absolute atomic E-state index is 0.121. The molecule has 5 heterocycles. The summed E-state index contributed by atoms with van der Waals surface area (Å²) in [4.78, 5) is 40.1. The number of aromatic amines is 1. The highest BCUT2D eigenvalue weighted by atomic mass is 16.5. The normalized spacial score (nSPS) is 25.7. The topological polar surface area (TPSA) is 202 Å². The van der Waals surface area contributed by atoms with Crippen molar-refractivity contribution in [3.63, 3.8) is 0 Å². The van der Waals surface area contributed by atoms with Crippen molar-refractivity contribution < 1.29 is 28.8 Å². The summed E-state index contributed by atoms with van der Waals surface area (Å²) in [5.74, 6) is 1.10. The predicted octanol–water partition coefficient (Wildman–Crippen LogP) is 4.18. The van der Waals surface area contributed by atoms with E-state index < -0.39 is 47.0 Å². The Kier molecular flexibility index (Phi) is 9.19. The van der Waals surface area contributed by atoms with Gasteiger partial charge in [0.25, 0.3) is 5.56 Å². The van der Waals surface area contributed by atoms with Gasteiger partial charge in [0.2, 0.25) is 0 Å². The van der Waals surface area contributed by atoms with Crippen LogP contribution < -0.4 is 26.3 Å². The first-order valence-electron chi connectivity index (χ1n) is 15.3. The number of aliphatic hydroxyl groups excluding tert-OH is 2. The third kappa shape index (κ3) is 6.08. The fraction of sp³-hybridized carbons (Fsp3) is 0.531. The molecule has 1 unspecified atom stereocenters. The van der Waals surface area contributed by atoms with E-state index in [-0.39, 0.29) is 25.0 Å². The van der Waals surface area contributed by atoms with Crippen molar-refractivity contribution in [1.29, 1.82) is 0 Å². The molecular weight excluding hydrogens is 598 g/mol. The van der Waals surface area contributed by atoms with Gasteiger partial charge in [0, 0.05) is 35.1 Å². The smallest absolute Gasteiger partial charge is 0.336 e. The Morgan fingerprint density at radius 3 is 2.63 bits per heavy atom. The Balaban J connectivity index is 0.000000193. The van der Waals surface area contributed by atoms with E-state index in [9.17, 15) is 19.5 Å². The van der Waals surface area contributed by atoms with Gasteiger partial charge < -0.3 is 28.8 Å². The largest absolute Gasteiger partial charge is 0.489 e. The molecule has 0 aliphatic carbocycles. The van der Waals surface area contributed by atoms with Crippen LogP contribution in [-0.4, -0.2) is 50.2 Å². The van der Waals surface area contributed by atoms with Crippen LogP contribution in [-0.2, 0) is 11.2 Å². The molecule has 0 radical (unpaired) electrons. The van der Waals surface area contributed by atoms with Gasteiger partial charge in [0.15, 0.2) is 5.58 Å². The summed E-state index contributed by atoms with van der Waals surface area (Å²) in [7, 11) is 0. The first-order valence-corrected chi connectivity index (χ1v) is 15.3. The van der Waals surface area contributed by atoms with Gasteiger partial charge in [-0.25, -0.2) is 9.59 Å². The van der Waals surface area contributed by atoms with E-state index in [1.165, 1.54) is 16.8 Å². The lowest BCUT2D eigenvalue weighted by molar-refractivity contribution is -0.0271. The average Bonchev–Trinajstić information content (AvgIpc) is 3.40. The number of nitrogens with one attached hydrogen (secondary N) is 1. The molecule has 0 spiro atoms. The minimum Gasteiger partial charge on any atom is -0.489 e. The molecule has 14 heteroatoms. The summed E-state index contributed by atoms with van der Waals surface area (Å²) >= 11 is 0. The lowest BCUT2D eigenvalue weighted by Gasteiger charge is -2.37. The zero-order valence-electron chi connectivity index (χ0n) is 26.6. The molecule has 6 rings (SSSR count). The second-order valence-electron chi connectivity index (χ2n) is 12.5. The lowest BCUT2D eigenvalue weighted by Crippen LogP contribution is -2.34. The summed E-state index contributed by atoms with van der Waals surface area (Å²) in [6.45, 7) is 11.2. The van der Waals surface area contributed by atoms with Gasteiger partial charge in [0.1, 0.15) is 29.4 Å². The average molecular weight is 638 g/mol. The number of rotatable bonds is 5. The second kappa shape index (κ2) is 12.8. The molecule has 0 bridgehead atoms. The van der Waals surface area contributed by atoms with E-state index in [1.807, 2.05) is 39.8 Å². The predicted molar refractivity (Wildman–Crippen MR) is 169 cm³/mol. The van der Waals surface area contributed by atoms with Gasteiger partial charge in [-0.1, -0.05) is 25.4 Å². The summed E-state index contributed by atoms with van der Waals surface area (Å²) < 4.78 is 24.8. The Labute approximate surface area is 263 Å². The number of azide groups is 1. The van der Waals surface area contributed by atoms with Crippen LogP contribution in [0.3, 0.4) is 0 Å². The monoisotopic (exact) mass is 637 g/mol. The number of hydrogen-bond acceptors (Lipinski definition) is 10. The van der Waals surface area contributed by atoms with Gasteiger partial charge >= 0.3 is 11.3 Å². The fourth-order valence-electron chi connectivity index (χ4n) is 6.02. The van der Waals surface area contributed by atoms with Crippen molar-refractivity contribution in [3.8, 4) is 11.5 Å². The molecule has 14 nitrogen and oxygen atoms in total. The van der Waals surface area contributed by atoms with Gasteiger partial charge in [-0.2, -0.15) is 0 Å². The van der Waals surface area contributed by atoms with Crippen LogP contribution in [0.1, 0.15) is 82.0 Å². The molecule has 46 heavy (non-hydrogen) atoms. The van der Waals surface area contributed by atoms with E-state index in [0.717, 1.165) is 29.4 Å². The van der Waals surface area contributed by atoms with Crippen molar-refractivity contribution >= 4 is 17.0 Å². The minimum atomic E-state index is -0.778. The van der Waals surface area contributed by atoms with Gasteiger partial charge in [-0.15, -0.1) is 0 Å². The summed E-state index contributed by atoms with van der Waals surface area (Å²) in [6.07, 6.45) is 4.98. The van der Waals surface area contributed by atoms with Gasteiger partial charge in [-0.3, -0.25) is 14.3 Å². The SMILES string of the molecule is CCCc1cc(=O)oc2c3c(c4c(c12)OC(C)(C)C=C4)O[C@H](C)[C@@H](C)[C@@H]3O.Cc1cn([C@H]2CC(N=[N+]=[N-])[C@@H](CO)O2)c(=O)[nH]c1=O. The molecule has 1 saturated heterocycles.